The van der Waals surface area contributed by atoms with Gasteiger partial charge in [-0.25, -0.2) is 4.68 Å². The number of non-ortho nitro benzene ring substituents is 1. The largest absolute Gasteiger partial charge is 0.274 e. The predicted octanol–water partition coefficient (Wildman–Crippen LogP) is 2.88. The van der Waals surface area contributed by atoms with Crippen LogP contribution in [0.25, 0.3) is 0 Å². The number of hydrazine groups is 1. The molecule has 0 aliphatic rings. The molecule has 1 aromatic heterocycles. The molecular weight excluding hydrogens is 398 g/mol. The summed E-state index contributed by atoms with van der Waals surface area (Å²) in [6.45, 7) is 2.01. The fraction of sp³-hybridized carbons (Fsp3) is 0.105. The zero-order chi connectivity index (χ0) is 21.0. The summed E-state index contributed by atoms with van der Waals surface area (Å²) in [4.78, 5) is 34.9. The van der Waals surface area contributed by atoms with Crippen LogP contribution in [0.1, 0.15) is 32.0 Å². The molecule has 2 amide bonds. The van der Waals surface area contributed by atoms with Crippen molar-refractivity contribution in [2.75, 3.05) is 0 Å². The number of rotatable bonds is 5. The molecule has 148 valence electrons. The second-order valence-electron chi connectivity index (χ2n) is 6.11. The van der Waals surface area contributed by atoms with Crippen LogP contribution in [-0.2, 0) is 6.54 Å². The molecule has 0 radical (unpaired) electrons. The molecule has 2 N–H and O–H groups in total. The van der Waals surface area contributed by atoms with Gasteiger partial charge in [0.25, 0.3) is 17.5 Å². The van der Waals surface area contributed by atoms with Crippen LogP contribution >= 0.6 is 11.6 Å². The molecule has 3 rings (SSSR count). The Hall–Kier alpha value is -3.72. The highest BCUT2D eigenvalue weighted by molar-refractivity contribution is 6.33. The Morgan fingerprint density at radius 1 is 1.10 bits per heavy atom. The van der Waals surface area contributed by atoms with Crippen LogP contribution in [0, 0.1) is 17.0 Å². The van der Waals surface area contributed by atoms with E-state index in [2.05, 4.69) is 16.0 Å². The van der Waals surface area contributed by atoms with E-state index in [-0.39, 0.29) is 22.0 Å². The number of benzene rings is 2. The number of carbonyl (C=O) groups excluding carboxylic acids is 2. The quantitative estimate of drug-likeness (QED) is 0.492. The zero-order valence-corrected chi connectivity index (χ0v) is 16.0. The summed E-state index contributed by atoms with van der Waals surface area (Å²) in [5.74, 6) is -1.35. The van der Waals surface area contributed by atoms with Crippen molar-refractivity contribution in [3.05, 3.63) is 92.2 Å². The topological polar surface area (TPSA) is 119 Å². The van der Waals surface area contributed by atoms with E-state index in [0.717, 1.165) is 11.6 Å². The third kappa shape index (κ3) is 4.58. The van der Waals surface area contributed by atoms with Gasteiger partial charge in [-0.1, -0.05) is 48.0 Å². The van der Waals surface area contributed by atoms with Crippen LogP contribution in [-0.4, -0.2) is 26.5 Å². The number of nitro groups is 1. The zero-order valence-electron chi connectivity index (χ0n) is 15.3. The van der Waals surface area contributed by atoms with Crippen molar-refractivity contribution in [3.63, 3.8) is 0 Å². The standard InChI is InChI=1S/C19H16ClN5O4/c1-12-16(17(20)24(23-12)11-13-6-3-2-4-7-13)19(27)22-21-18(26)14-8-5-9-15(10-14)25(28)29/h2-10H,11H2,1H3,(H,21,26)(H,22,27). The summed E-state index contributed by atoms with van der Waals surface area (Å²) >= 11 is 6.31. The number of carbonyl (C=O) groups is 2. The normalized spacial score (nSPS) is 10.4. The van der Waals surface area contributed by atoms with Crippen LogP contribution in [0.2, 0.25) is 5.15 Å². The van der Waals surface area contributed by atoms with Crippen molar-refractivity contribution >= 4 is 29.1 Å². The highest BCUT2D eigenvalue weighted by Gasteiger charge is 2.21. The third-order valence-corrected chi connectivity index (χ3v) is 4.46. The van der Waals surface area contributed by atoms with Gasteiger partial charge in [-0.3, -0.25) is 30.6 Å². The van der Waals surface area contributed by atoms with E-state index < -0.39 is 16.7 Å². The Morgan fingerprint density at radius 2 is 1.79 bits per heavy atom. The van der Waals surface area contributed by atoms with Crippen LogP contribution < -0.4 is 10.9 Å². The summed E-state index contributed by atoms with van der Waals surface area (Å²) < 4.78 is 1.49. The molecule has 10 heteroatoms. The maximum absolute atomic E-state index is 12.5. The molecule has 1 heterocycles. The molecule has 9 nitrogen and oxygen atoms in total. The molecule has 0 atom stereocenters. The minimum absolute atomic E-state index is 0.0297. The lowest BCUT2D eigenvalue weighted by Gasteiger charge is -2.08. The first-order valence-electron chi connectivity index (χ1n) is 8.49. The molecule has 3 aromatic rings. The second-order valence-corrected chi connectivity index (χ2v) is 6.47. The van der Waals surface area contributed by atoms with E-state index in [9.17, 15) is 19.7 Å². The number of aromatic nitrogens is 2. The van der Waals surface area contributed by atoms with Crippen LogP contribution in [0.15, 0.2) is 54.6 Å². The molecule has 0 aliphatic carbocycles. The van der Waals surface area contributed by atoms with E-state index in [4.69, 9.17) is 11.6 Å². The lowest BCUT2D eigenvalue weighted by Crippen LogP contribution is -2.41. The molecule has 0 aliphatic heterocycles. The van der Waals surface area contributed by atoms with E-state index >= 15 is 0 Å². The summed E-state index contributed by atoms with van der Waals surface area (Å²) in [5, 5.41) is 15.2. The summed E-state index contributed by atoms with van der Waals surface area (Å²) in [7, 11) is 0. The van der Waals surface area contributed by atoms with E-state index in [1.54, 1.807) is 6.92 Å². The van der Waals surface area contributed by atoms with Crippen molar-refractivity contribution in [1.82, 2.24) is 20.6 Å². The van der Waals surface area contributed by atoms with Gasteiger partial charge in [-0.05, 0) is 18.6 Å². The Bertz CT molecular complexity index is 1080. The first-order valence-corrected chi connectivity index (χ1v) is 8.86. The van der Waals surface area contributed by atoms with Gasteiger partial charge in [-0.15, -0.1) is 0 Å². The van der Waals surface area contributed by atoms with Gasteiger partial charge in [0.1, 0.15) is 10.7 Å². The SMILES string of the molecule is Cc1nn(Cc2ccccc2)c(Cl)c1C(=O)NNC(=O)c1cccc([N+](=O)[O-])c1. The fourth-order valence-electron chi connectivity index (χ4n) is 2.68. The van der Waals surface area contributed by atoms with Crippen LogP contribution in [0.3, 0.4) is 0 Å². The van der Waals surface area contributed by atoms with E-state index in [0.29, 0.717) is 12.2 Å². The first kappa shape index (κ1) is 20.0. The highest BCUT2D eigenvalue weighted by Crippen LogP contribution is 2.21. The Balaban J connectivity index is 1.70. The Labute approximate surface area is 170 Å². The fourth-order valence-corrected chi connectivity index (χ4v) is 3.00. The third-order valence-electron chi connectivity index (χ3n) is 4.08. The van der Waals surface area contributed by atoms with E-state index in [1.165, 1.54) is 22.9 Å². The number of halogens is 1. The monoisotopic (exact) mass is 413 g/mol. The average Bonchev–Trinajstić information content (AvgIpc) is 2.99. The van der Waals surface area contributed by atoms with Crippen molar-refractivity contribution in [3.8, 4) is 0 Å². The average molecular weight is 414 g/mol. The number of nitrogens with one attached hydrogen (secondary N) is 2. The number of nitro benzene ring substituents is 1. The van der Waals surface area contributed by atoms with Gasteiger partial charge in [0.05, 0.1) is 17.2 Å². The number of aryl methyl sites for hydroxylation is 1. The van der Waals surface area contributed by atoms with Gasteiger partial charge in [0, 0.05) is 17.7 Å². The van der Waals surface area contributed by atoms with Gasteiger partial charge in [0.15, 0.2) is 0 Å². The Morgan fingerprint density at radius 3 is 2.48 bits per heavy atom. The minimum Gasteiger partial charge on any atom is -0.267 e. The molecular formula is C19H16ClN5O4. The van der Waals surface area contributed by atoms with Crippen molar-refractivity contribution in [1.29, 1.82) is 0 Å². The lowest BCUT2D eigenvalue weighted by atomic mass is 10.2. The molecule has 29 heavy (non-hydrogen) atoms. The highest BCUT2D eigenvalue weighted by atomic mass is 35.5. The lowest BCUT2D eigenvalue weighted by molar-refractivity contribution is -0.384. The summed E-state index contributed by atoms with van der Waals surface area (Å²) in [6, 6.07) is 14.6. The minimum atomic E-state index is -0.701. The summed E-state index contributed by atoms with van der Waals surface area (Å²) in [6.07, 6.45) is 0. The van der Waals surface area contributed by atoms with E-state index in [1.807, 2.05) is 30.3 Å². The van der Waals surface area contributed by atoms with Gasteiger partial charge >= 0.3 is 0 Å². The van der Waals surface area contributed by atoms with Crippen molar-refractivity contribution in [2.24, 2.45) is 0 Å². The first-order chi connectivity index (χ1) is 13.9. The van der Waals surface area contributed by atoms with Crippen molar-refractivity contribution < 1.29 is 14.5 Å². The molecule has 0 unspecified atom stereocenters. The number of amides is 2. The number of hydrogen-bond acceptors (Lipinski definition) is 5. The molecule has 0 saturated heterocycles. The van der Waals surface area contributed by atoms with Gasteiger partial charge < -0.3 is 0 Å². The smallest absolute Gasteiger partial charge is 0.267 e. The van der Waals surface area contributed by atoms with Gasteiger partial charge in [-0.2, -0.15) is 5.10 Å². The summed E-state index contributed by atoms with van der Waals surface area (Å²) in [5.41, 5.74) is 5.76. The number of nitrogens with zero attached hydrogens (tertiary/aromatic N) is 3. The maximum atomic E-state index is 12.5. The van der Waals surface area contributed by atoms with Gasteiger partial charge in [0.2, 0.25) is 0 Å². The predicted molar refractivity (Wildman–Crippen MR) is 106 cm³/mol. The molecule has 0 saturated carbocycles. The Kier molecular flexibility index (Phi) is 5.89. The molecule has 2 aromatic carbocycles. The second kappa shape index (κ2) is 8.53. The molecule has 0 bridgehead atoms. The molecule has 0 spiro atoms. The number of hydrogen-bond donors (Lipinski definition) is 2. The van der Waals surface area contributed by atoms with Crippen LogP contribution in [0.4, 0.5) is 5.69 Å². The maximum Gasteiger partial charge on any atom is 0.274 e. The van der Waals surface area contributed by atoms with Crippen molar-refractivity contribution in [2.45, 2.75) is 13.5 Å². The molecule has 0 fully saturated rings. The van der Waals surface area contributed by atoms with Crippen LogP contribution in [0.5, 0.6) is 0 Å².